The Morgan fingerprint density at radius 1 is 1.47 bits per heavy atom. The third kappa shape index (κ3) is 1.59. The van der Waals surface area contributed by atoms with Gasteiger partial charge in [0.25, 0.3) is 0 Å². The van der Waals surface area contributed by atoms with Crippen LogP contribution in [0.4, 0.5) is 0 Å². The van der Waals surface area contributed by atoms with E-state index in [1.807, 2.05) is 13.0 Å². The molecule has 1 N–H and O–H groups in total. The van der Waals surface area contributed by atoms with Gasteiger partial charge in [-0.1, -0.05) is 17.7 Å². The maximum absolute atomic E-state index is 11.5. The zero-order valence-corrected chi connectivity index (χ0v) is 9.18. The van der Waals surface area contributed by atoms with E-state index in [9.17, 15) is 4.79 Å². The van der Waals surface area contributed by atoms with Gasteiger partial charge in [-0.2, -0.15) is 0 Å². The summed E-state index contributed by atoms with van der Waals surface area (Å²) in [5.74, 6) is -0.332. The van der Waals surface area contributed by atoms with Crippen LogP contribution in [0.5, 0.6) is 0 Å². The number of aromatic amines is 1. The van der Waals surface area contributed by atoms with Crippen LogP contribution < -0.4 is 0 Å². The summed E-state index contributed by atoms with van der Waals surface area (Å²) in [4.78, 5) is 14.6. The predicted octanol–water partition coefficient (Wildman–Crippen LogP) is 2.92. The molecule has 15 heavy (non-hydrogen) atoms. The van der Waals surface area contributed by atoms with Crippen molar-refractivity contribution < 1.29 is 9.53 Å². The maximum atomic E-state index is 11.5. The lowest BCUT2D eigenvalue weighted by atomic mass is 10.1. The van der Waals surface area contributed by atoms with E-state index < -0.39 is 0 Å². The Kier molecular flexibility index (Phi) is 2.40. The zero-order valence-electron chi connectivity index (χ0n) is 8.43. The third-order valence-corrected chi connectivity index (χ3v) is 2.57. The highest BCUT2D eigenvalue weighted by molar-refractivity contribution is 6.31. The van der Waals surface area contributed by atoms with Crippen LogP contribution in [-0.4, -0.2) is 18.1 Å². The molecule has 0 radical (unpaired) electrons. The van der Waals surface area contributed by atoms with Crippen molar-refractivity contribution in [3.63, 3.8) is 0 Å². The molecule has 0 spiro atoms. The van der Waals surface area contributed by atoms with Crippen molar-refractivity contribution in [3.05, 3.63) is 34.5 Å². The van der Waals surface area contributed by atoms with Crippen molar-refractivity contribution in [2.75, 3.05) is 7.11 Å². The number of rotatable bonds is 1. The number of halogens is 1. The molecule has 1 aromatic carbocycles. The van der Waals surface area contributed by atoms with E-state index in [0.29, 0.717) is 10.6 Å². The van der Waals surface area contributed by atoms with Crippen molar-refractivity contribution in [1.29, 1.82) is 0 Å². The summed E-state index contributed by atoms with van der Waals surface area (Å²) in [6.07, 6.45) is 0. The Labute approximate surface area is 92.0 Å². The molecular formula is C11H10ClNO2. The fourth-order valence-corrected chi connectivity index (χ4v) is 1.84. The van der Waals surface area contributed by atoms with Crippen LogP contribution in [0.2, 0.25) is 5.02 Å². The van der Waals surface area contributed by atoms with E-state index in [4.69, 9.17) is 16.3 Å². The van der Waals surface area contributed by atoms with Gasteiger partial charge in [-0.15, -0.1) is 0 Å². The maximum Gasteiger partial charge on any atom is 0.340 e. The number of methoxy groups -OCH3 is 1. The Morgan fingerprint density at radius 3 is 2.87 bits per heavy atom. The molecule has 0 saturated carbocycles. The molecule has 3 nitrogen and oxygen atoms in total. The highest BCUT2D eigenvalue weighted by Gasteiger charge is 2.16. The molecule has 0 aliphatic heterocycles. The second-order valence-corrected chi connectivity index (χ2v) is 3.74. The van der Waals surface area contributed by atoms with Crippen LogP contribution in [0.3, 0.4) is 0 Å². The normalized spacial score (nSPS) is 10.6. The van der Waals surface area contributed by atoms with Gasteiger partial charge in [0.15, 0.2) is 0 Å². The van der Waals surface area contributed by atoms with Crippen molar-refractivity contribution in [1.82, 2.24) is 4.98 Å². The largest absolute Gasteiger partial charge is 0.465 e. The number of nitrogens with one attached hydrogen (secondary N) is 1. The summed E-state index contributed by atoms with van der Waals surface area (Å²) in [5, 5.41) is 1.48. The van der Waals surface area contributed by atoms with E-state index in [1.165, 1.54) is 7.11 Å². The molecule has 1 heterocycles. The molecule has 0 aliphatic carbocycles. The Balaban J connectivity index is 2.73. The molecule has 2 rings (SSSR count). The molecular weight excluding hydrogens is 214 g/mol. The summed E-state index contributed by atoms with van der Waals surface area (Å²) in [5.41, 5.74) is 2.21. The van der Waals surface area contributed by atoms with Crippen molar-refractivity contribution in [3.8, 4) is 0 Å². The van der Waals surface area contributed by atoms with Crippen LogP contribution >= 0.6 is 11.6 Å². The lowest BCUT2D eigenvalue weighted by Gasteiger charge is -1.98. The Hall–Kier alpha value is -1.48. The van der Waals surface area contributed by atoms with Crippen molar-refractivity contribution in [2.24, 2.45) is 0 Å². The van der Waals surface area contributed by atoms with Crippen molar-refractivity contribution in [2.45, 2.75) is 6.92 Å². The third-order valence-electron chi connectivity index (χ3n) is 2.34. The standard InChI is InChI=1S/C11H10ClNO2/c1-6-10(11(14)15-2)8-4-3-7(12)5-9(8)13-6/h3-5,13H,1-2H3. The average molecular weight is 224 g/mol. The fraction of sp³-hybridized carbons (Fsp3) is 0.182. The van der Waals surface area contributed by atoms with E-state index in [-0.39, 0.29) is 5.97 Å². The number of hydrogen-bond acceptors (Lipinski definition) is 2. The Morgan fingerprint density at radius 2 is 2.20 bits per heavy atom. The quantitative estimate of drug-likeness (QED) is 0.756. The first kappa shape index (κ1) is 10.1. The molecule has 0 saturated heterocycles. The summed E-state index contributed by atoms with van der Waals surface area (Å²) >= 11 is 5.86. The number of carbonyl (C=O) groups excluding carboxylic acids is 1. The minimum Gasteiger partial charge on any atom is -0.465 e. The van der Waals surface area contributed by atoms with E-state index in [1.54, 1.807) is 12.1 Å². The molecule has 0 amide bonds. The van der Waals surface area contributed by atoms with E-state index >= 15 is 0 Å². The molecule has 0 unspecified atom stereocenters. The summed E-state index contributed by atoms with van der Waals surface area (Å²) in [7, 11) is 1.37. The van der Waals surface area contributed by atoms with Gasteiger partial charge in [-0.25, -0.2) is 4.79 Å². The summed E-state index contributed by atoms with van der Waals surface area (Å²) < 4.78 is 4.72. The van der Waals surface area contributed by atoms with Gasteiger partial charge in [0.2, 0.25) is 0 Å². The molecule has 0 aliphatic rings. The minimum absolute atomic E-state index is 0.332. The number of benzene rings is 1. The number of aryl methyl sites for hydroxylation is 1. The van der Waals surface area contributed by atoms with Crippen LogP contribution in [-0.2, 0) is 4.74 Å². The highest BCUT2D eigenvalue weighted by atomic mass is 35.5. The molecule has 0 fully saturated rings. The fourth-order valence-electron chi connectivity index (χ4n) is 1.67. The molecule has 0 atom stereocenters. The molecule has 4 heteroatoms. The SMILES string of the molecule is COC(=O)c1c(C)[nH]c2cc(Cl)ccc12. The topological polar surface area (TPSA) is 42.1 Å². The van der Waals surface area contributed by atoms with Crippen LogP contribution in [0.15, 0.2) is 18.2 Å². The number of H-pyrrole nitrogens is 1. The second kappa shape index (κ2) is 3.59. The van der Waals surface area contributed by atoms with Crippen molar-refractivity contribution >= 4 is 28.5 Å². The van der Waals surface area contributed by atoms with E-state index in [0.717, 1.165) is 16.6 Å². The van der Waals surface area contributed by atoms with Gasteiger partial charge >= 0.3 is 5.97 Å². The summed E-state index contributed by atoms with van der Waals surface area (Å²) in [6, 6.07) is 5.35. The smallest absolute Gasteiger partial charge is 0.340 e. The first-order valence-electron chi connectivity index (χ1n) is 4.49. The number of aromatic nitrogens is 1. The number of esters is 1. The first-order valence-corrected chi connectivity index (χ1v) is 4.87. The van der Waals surface area contributed by atoms with Crippen LogP contribution in [0, 0.1) is 6.92 Å². The zero-order chi connectivity index (χ0) is 11.0. The van der Waals surface area contributed by atoms with Gasteiger partial charge in [0.1, 0.15) is 0 Å². The predicted molar refractivity (Wildman–Crippen MR) is 59.4 cm³/mol. The van der Waals surface area contributed by atoms with Gasteiger partial charge in [-0.3, -0.25) is 0 Å². The van der Waals surface area contributed by atoms with Gasteiger partial charge in [0, 0.05) is 21.6 Å². The van der Waals surface area contributed by atoms with Gasteiger partial charge < -0.3 is 9.72 Å². The van der Waals surface area contributed by atoms with Gasteiger partial charge in [0.05, 0.1) is 12.7 Å². The molecule has 2 aromatic rings. The highest BCUT2D eigenvalue weighted by Crippen LogP contribution is 2.25. The molecule has 1 aromatic heterocycles. The molecule has 78 valence electrons. The lowest BCUT2D eigenvalue weighted by Crippen LogP contribution is -2.01. The minimum atomic E-state index is -0.332. The Bertz CT molecular complexity index is 531. The summed E-state index contributed by atoms with van der Waals surface area (Å²) in [6.45, 7) is 1.83. The second-order valence-electron chi connectivity index (χ2n) is 3.31. The average Bonchev–Trinajstić information content (AvgIpc) is 2.52. The van der Waals surface area contributed by atoms with E-state index in [2.05, 4.69) is 4.98 Å². The monoisotopic (exact) mass is 223 g/mol. The van der Waals surface area contributed by atoms with Gasteiger partial charge in [-0.05, 0) is 19.1 Å². The number of fused-ring (bicyclic) bond motifs is 1. The lowest BCUT2D eigenvalue weighted by molar-refractivity contribution is 0.0602. The van der Waals surface area contributed by atoms with Crippen LogP contribution in [0.1, 0.15) is 16.1 Å². The number of ether oxygens (including phenoxy) is 1. The van der Waals surface area contributed by atoms with Crippen LogP contribution in [0.25, 0.3) is 10.9 Å². The number of hydrogen-bond donors (Lipinski definition) is 1. The first-order chi connectivity index (χ1) is 7.13. The number of carbonyl (C=O) groups is 1. The molecule has 0 bridgehead atoms.